The lowest BCUT2D eigenvalue weighted by Gasteiger charge is -2.20. The second-order valence-corrected chi connectivity index (χ2v) is 7.19. The smallest absolute Gasteiger partial charge is 0.276 e. The molecule has 0 bridgehead atoms. The third-order valence-corrected chi connectivity index (χ3v) is 5.40. The van der Waals surface area contributed by atoms with E-state index in [0.717, 1.165) is 29.5 Å². The van der Waals surface area contributed by atoms with Crippen molar-refractivity contribution in [2.24, 2.45) is 5.92 Å². The molecule has 23 heavy (non-hydrogen) atoms. The zero-order valence-electron chi connectivity index (χ0n) is 13.4. The van der Waals surface area contributed by atoms with Crippen LogP contribution < -0.4 is 0 Å². The predicted molar refractivity (Wildman–Crippen MR) is 91.1 cm³/mol. The molecule has 1 saturated carbocycles. The largest absolute Gasteiger partial charge is 0.416 e. The zero-order chi connectivity index (χ0) is 15.9. The lowest BCUT2D eigenvalue weighted by molar-refractivity contribution is 0.282. The summed E-state index contributed by atoms with van der Waals surface area (Å²) in [7, 11) is 0. The molecule has 1 aromatic carbocycles. The maximum absolute atomic E-state index is 9.05. The summed E-state index contributed by atoms with van der Waals surface area (Å²) in [6, 6.07) is 7.94. The van der Waals surface area contributed by atoms with Gasteiger partial charge in [0, 0.05) is 12.2 Å². The van der Waals surface area contributed by atoms with Crippen LogP contribution in [0.2, 0.25) is 0 Å². The first-order valence-electron chi connectivity index (χ1n) is 8.47. The van der Waals surface area contributed by atoms with Crippen molar-refractivity contribution in [3.8, 4) is 0 Å². The zero-order valence-corrected chi connectivity index (χ0v) is 14.2. The Morgan fingerprint density at radius 1 is 1.04 bits per heavy atom. The number of aromatic nitrogens is 2. The highest BCUT2D eigenvalue weighted by Crippen LogP contribution is 2.28. The summed E-state index contributed by atoms with van der Waals surface area (Å²) in [5, 5.41) is 18.0. The van der Waals surface area contributed by atoms with E-state index in [9.17, 15) is 0 Å². The number of benzene rings is 1. The Kier molecular flexibility index (Phi) is 6.11. The van der Waals surface area contributed by atoms with Crippen LogP contribution in [-0.4, -0.2) is 15.3 Å². The molecule has 1 fully saturated rings. The highest BCUT2D eigenvalue weighted by atomic mass is 32.2. The van der Waals surface area contributed by atoms with E-state index in [1.165, 1.54) is 44.1 Å². The van der Waals surface area contributed by atoms with Crippen LogP contribution in [0.4, 0.5) is 0 Å². The number of hydrogen-bond acceptors (Lipinski definition) is 5. The van der Waals surface area contributed by atoms with Gasteiger partial charge in [-0.1, -0.05) is 68.1 Å². The van der Waals surface area contributed by atoms with E-state index in [1.807, 2.05) is 24.3 Å². The van der Waals surface area contributed by atoms with Crippen LogP contribution in [0.15, 0.2) is 33.9 Å². The van der Waals surface area contributed by atoms with Gasteiger partial charge in [-0.2, -0.15) is 0 Å². The molecule has 1 N–H and O–H groups in total. The fourth-order valence-corrected chi connectivity index (χ4v) is 3.82. The van der Waals surface area contributed by atoms with Crippen molar-refractivity contribution < 1.29 is 9.52 Å². The Balaban J connectivity index is 1.44. The molecule has 0 radical (unpaired) electrons. The maximum atomic E-state index is 9.05. The Morgan fingerprint density at radius 2 is 1.78 bits per heavy atom. The van der Waals surface area contributed by atoms with Gasteiger partial charge in [-0.25, -0.2) is 0 Å². The Hall–Kier alpha value is -1.33. The van der Waals surface area contributed by atoms with Crippen molar-refractivity contribution in [3.05, 3.63) is 41.3 Å². The second-order valence-electron chi connectivity index (χ2n) is 6.27. The number of aliphatic hydroxyl groups excluding tert-OH is 1. The summed E-state index contributed by atoms with van der Waals surface area (Å²) < 4.78 is 5.74. The highest BCUT2D eigenvalue weighted by molar-refractivity contribution is 7.98. The van der Waals surface area contributed by atoms with Crippen molar-refractivity contribution in [2.75, 3.05) is 0 Å². The van der Waals surface area contributed by atoms with Crippen LogP contribution in [0.5, 0.6) is 0 Å². The molecule has 1 aromatic heterocycles. The molecule has 0 aliphatic heterocycles. The summed E-state index contributed by atoms with van der Waals surface area (Å²) in [6.45, 7) is 0.0848. The van der Waals surface area contributed by atoms with E-state index in [0.29, 0.717) is 5.22 Å². The number of nitrogens with zero attached hydrogens (tertiary/aromatic N) is 2. The first-order chi connectivity index (χ1) is 11.3. The standard InChI is InChI=1S/C18H24N2O2S/c21-12-15-6-8-16(9-7-15)13-23-18-20-19-17(22-18)11-10-14-4-2-1-3-5-14/h6-9,14,21H,1-5,10-13H2. The average Bonchev–Trinajstić information content (AvgIpc) is 3.07. The van der Waals surface area contributed by atoms with Crippen LogP contribution >= 0.6 is 11.8 Å². The predicted octanol–water partition coefficient (Wildman–Crippen LogP) is 4.37. The number of thioether (sulfide) groups is 1. The molecule has 0 saturated heterocycles. The molecule has 124 valence electrons. The molecule has 0 atom stereocenters. The monoisotopic (exact) mass is 332 g/mol. The van der Waals surface area contributed by atoms with E-state index >= 15 is 0 Å². The molecule has 2 aromatic rings. The fraction of sp³-hybridized carbons (Fsp3) is 0.556. The molecular weight excluding hydrogens is 308 g/mol. The number of aliphatic hydroxyl groups is 1. The van der Waals surface area contributed by atoms with Gasteiger partial charge in [0.2, 0.25) is 5.89 Å². The van der Waals surface area contributed by atoms with Crippen LogP contribution in [0.3, 0.4) is 0 Å². The van der Waals surface area contributed by atoms with Gasteiger partial charge in [-0.15, -0.1) is 10.2 Å². The SMILES string of the molecule is OCc1ccc(CSc2nnc(CCC3CCCCC3)o2)cc1. The van der Waals surface area contributed by atoms with E-state index in [2.05, 4.69) is 10.2 Å². The third kappa shape index (κ3) is 5.08. The molecule has 1 aliphatic carbocycles. The lowest BCUT2D eigenvalue weighted by Crippen LogP contribution is -2.07. The van der Waals surface area contributed by atoms with E-state index < -0.39 is 0 Å². The van der Waals surface area contributed by atoms with Gasteiger partial charge in [0.1, 0.15) is 0 Å². The van der Waals surface area contributed by atoms with Gasteiger partial charge >= 0.3 is 0 Å². The van der Waals surface area contributed by atoms with E-state index in [-0.39, 0.29) is 6.61 Å². The molecule has 0 unspecified atom stereocenters. The first kappa shape index (κ1) is 16.5. The summed E-state index contributed by atoms with van der Waals surface area (Å²) in [5.41, 5.74) is 2.12. The molecule has 5 heteroatoms. The minimum Gasteiger partial charge on any atom is -0.416 e. The second kappa shape index (κ2) is 8.50. The summed E-state index contributed by atoms with van der Waals surface area (Å²) in [5.74, 6) is 2.42. The number of aryl methyl sites for hydroxylation is 1. The average molecular weight is 332 g/mol. The topological polar surface area (TPSA) is 59.2 Å². The molecular formula is C18H24N2O2S. The Labute approximate surface area is 141 Å². The minimum atomic E-state index is 0.0848. The van der Waals surface area contributed by atoms with Gasteiger partial charge in [0.05, 0.1) is 6.61 Å². The Bertz CT molecular complexity index is 591. The maximum Gasteiger partial charge on any atom is 0.276 e. The summed E-state index contributed by atoms with van der Waals surface area (Å²) >= 11 is 1.57. The first-order valence-corrected chi connectivity index (χ1v) is 9.46. The summed E-state index contributed by atoms with van der Waals surface area (Å²) in [4.78, 5) is 0. The van der Waals surface area contributed by atoms with Crippen LogP contribution in [-0.2, 0) is 18.8 Å². The van der Waals surface area contributed by atoms with Crippen molar-refractivity contribution in [1.29, 1.82) is 0 Å². The third-order valence-electron chi connectivity index (χ3n) is 4.51. The van der Waals surface area contributed by atoms with Crippen LogP contribution in [0, 0.1) is 5.92 Å². The van der Waals surface area contributed by atoms with Crippen LogP contribution in [0.1, 0.15) is 55.5 Å². The lowest BCUT2D eigenvalue weighted by atomic mass is 9.86. The quantitative estimate of drug-likeness (QED) is 0.763. The van der Waals surface area contributed by atoms with E-state index in [1.54, 1.807) is 11.8 Å². The van der Waals surface area contributed by atoms with Gasteiger partial charge in [0.25, 0.3) is 5.22 Å². The van der Waals surface area contributed by atoms with Crippen molar-refractivity contribution in [2.45, 2.75) is 62.5 Å². The Morgan fingerprint density at radius 3 is 2.52 bits per heavy atom. The summed E-state index contributed by atoms with van der Waals surface area (Å²) in [6.07, 6.45) is 8.96. The molecule has 0 spiro atoms. The van der Waals surface area contributed by atoms with Gasteiger partial charge in [-0.3, -0.25) is 0 Å². The molecule has 3 rings (SSSR count). The van der Waals surface area contributed by atoms with Crippen LogP contribution in [0.25, 0.3) is 0 Å². The number of hydrogen-bond donors (Lipinski definition) is 1. The van der Waals surface area contributed by atoms with Gasteiger partial charge < -0.3 is 9.52 Å². The minimum absolute atomic E-state index is 0.0848. The molecule has 0 amide bonds. The molecule has 1 heterocycles. The van der Waals surface area contributed by atoms with E-state index in [4.69, 9.17) is 9.52 Å². The van der Waals surface area contributed by atoms with Gasteiger partial charge in [0.15, 0.2) is 0 Å². The van der Waals surface area contributed by atoms with Crippen molar-refractivity contribution in [1.82, 2.24) is 10.2 Å². The highest BCUT2D eigenvalue weighted by Gasteiger charge is 2.15. The fourth-order valence-electron chi connectivity index (χ4n) is 3.09. The normalized spacial score (nSPS) is 15.9. The number of rotatable bonds is 7. The van der Waals surface area contributed by atoms with Gasteiger partial charge in [-0.05, 0) is 23.5 Å². The molecule has 1 aliphatic rings. The van der Waals surface area contributed by atoms with Crippen molar-refractivity contribution in [3.63, 3.8) is 0 Å². The molecule has 4 nitrogen and oxygen atoms in total. The van der Waals surface area contributed by atoms with Crippen molar-refractivity contribution >= 4 is 11.8 Å².